The summed E-state index contributed by atoms with van der Waals surface area (Å²) in [5.74, 6) is 2.72. The van der Waals surface area contributed by atoms with Crippen molar-refractivity contribution >= 4 is 5.82 Å². The first-order valence-electron chi connectivity index (χ1n) is 6.56. The standard InChI is InChI=1S/C13H17N5O/c1-9-6-12(15-8-14-9)18-5-3-4-11(7-18)13-16-10(2)17-19-13/h6,8,11H,3-5,7H2,1-2H3. The smallest absolute Gasteiger partial charge is 0.231 e. The maximum absolute atomic E-state index is 5.29. The van der Waals surface area contributed by atoms with Crippen molar-refractivity contribution in [3.8, 4) is 0 Å². The Balaban J connectivity index is 1.78. The van der Waals surface area contributed by atoms with E-state index in [1.54, 1.807) is 6.33 Å². The fourth-order valence-corrected chi connectivity index (χ4v) is 2.48. The minimum atomic E-state index is 0.297. The molecule has 0 aliphatic carbocycles. The van der Waals surface area contributed by atoms with Gasteiger partial charge in [-0.2, -0.15) is 4.98 Å². The van der Waals surface area contributed by atoms with Crippen LogP contribution >= 0.6 is 0 Å². The van der Waals surface area contributed by atoms with Crippen LogP contribution < -0.4 is 4.90 Å². The van der Waals surface area contributed by atoms with E-state index >= 15 is 0 Å². The maximum atomic E-state index is 5.29. The lowest BCUT2D eigenvalue weighted by Gasteiger charge is -2.31. The van der Waals surface area contributed by atoms with E-state index in [0.717, 1.165) is 43.3 Å². The Labute approximate surface area is 111 Å². The highest BCUT2D eigenvalue weighted by atomic mass is 16.5. The van der Waals surface area contributed by atoms with Gasteiger partial charge in [-0.1, -0.05) is 5.16 Å². The molecule has 1 fully saturated rings. The Morgan fingerprint density at radius 1 is 1.32 bits per heavy atom. The van der Waals surface area contributed by atoms with Crippen molar-refractivity contribution in [3.05, 3.63) is 29.8 Å². The highest BCUT2D eigenvalue weighted by molar-refractivity contribution is 5.39. The van der Waals surface area contributed by atoms with Crippen LogP contribution in [0.5, 0.6) is 0 Å². The molecule has 1 aliphatic rings. The predicted molar refractivity (Wildman–Crippen MR) is 70.0 cm³/mol. The third-order valence-corrected chi connectivity index (χ3v) is 3.43. The lowest BCUT2D eigenvalue weighted by molar-refractivity contribution is 0.331. The highest BCUT2D eigenvalue weighted by Gasteiger charge is 2.26. The second kappa shape index (κ2) is 4.95. The first-order chi connectivity index (χ1) is 9.22. The molecule has 6 heteroatoms. The van der Waals surface area contributed by atoms with Crippen LogP contribution in [0.2, 0.25) is 0 Å². The molecule has 19 heavy (non-hydrogen) atoms. The SMILES string of the molecule is Cc1cc(N2CCCC(c3nc(C)no3)C2)ncn1. The summed E-state index contributed by atoms with van der Waals surface area (Å²) in [5, 5.41) is 3.87. The zero-order valence-electron chi connectivity index (χ0n) is 11.2. The Kier molecular flexibility index (Phi) is 3.15. The van der Waals surface area contributed by atoms with Gasteiger partial charge in [0.1, 0.15) is 12.1 Å². The molecule has 3 rings (SSSR count). The molecule has 100 valence electrons. The van der Waals surface area contributed by atoms with Crippen LogP contribution in [0.1, 0.15) is 36.2 Å². The average molecular weight is 259 g/mol. The molecule has 0 radical (unpaired) electrons. The fraction of sp³-hybridized carbons (Fsp3) is 0.538. The molecular weight excluding hydrogens is 242 g/mol. The summed E-state index contributed by atoms with van der Waals surface area (Å²) in [6, 6.07) is 2.02. The van der Waals surface area contributed by atoms with Crippen LogP contribution in [0.25, 0.3) is 0 Å². The molecule has 1 saturated heterocycles. The van der Waals surface area contributed by atoms with Crippen molar-refractivity contribution in [2.24, 2.45) is 0 Å². The normalized spacial score (nSPS) is 19.7. The number of aromatic nitrogens is 4. The molecule has 0 N–H and O–H groups in total. The van der Waals surface area contributed by atoms with E-state index in [0.29, 0.717) is 11.7 Å². The van der Waals surface area contributed by atoms with Crippen molar-refractivity contribution < 1.29 is 4.52 Å². The molecular formula is C13H17N5O. The zero-order valence-corrected chi connectivity index (χ0v) is 11.2. The summed E-state index contributed by atoms with van der Waals surface area (Å²) in [4.78, 5) is 15.1. The predicted octanol–water partition coefficient (Wildman–Crippen LogP) is 1.86. The van der Waals surface area contributed by atoms with Gasteiger partial charge in [0, 0.05) is 24.8 Å². The molecule has 6 nitrogen and oxygen atoms in total. The van der Waals surface area contributed by atoms with Crippen LogP contribution in [-0.2, 0) is 0 Å². The zero-order chi connectivity index (χ0) is 13.2. The molecule has 0 bridgehead atoms. The summed E-state index contributed by atoms with van der Waals surface area (Å²) in [6.07, 6.45) is 3.81. The molecule has 0 saturated carbocycles. The molecule has 3 heterocycles. The van der Waals surface area contributed by atoms with Crippen molar-refractivity contribution in [1.29, 1.82) is 0 Å². The maximum Gasteiger partial charge on any atom is 0.231 e. The first kappa shape index (κ1) is 12.1. The summed E-state index contributed by atoms with van der Waals surface area (Å²) in [6.45, 7) is 5.72. The second-order valence-electron chi connectivity index (χ2n) is 4.98. The molecule has 2 aromatic heterocycles. The molecule has 1 aliphatic heterocycles. The third kappa shape index (κ3) is 2.57. The Morgan fingerprint density at radius 2 is 2.21 bits per heavy atom. The van der Waals surface area contributed by atoms with Crippen LogP contribution in [0.15, 0.2) is 16.9 Å². The van der Waals surface area contributed by atoms with Gasteiger partial charge in [0.2, 0.25) is 5.89 Å². The van der Waals surface area contributed by atoms with E-state index in [1.807, 2.05) is 19.9 Å². The van der Waals surface area contributed by atoms with Crippen LogP contribution in [0, 0.1) is 13.8 Å². The van der Waals surface area contributed by atoms with Crippen molar-refractivity contribution in [1.82, 2.24) is 20.1 Å². The van der Waals surface area contributed by atoms with Crippen LogP contribution in [-0.4, -0.2) is 33.2 Å². The second-order valence-corrected chi connectivity index (χ2v) is 4.98. The van der Waals surface area contributed by atoms with Gasteiger partial charge in [-0.15, -0.1) is 0 Å². The van der Waals surface area contributed by atoms with E-state index in [9.17, 15) is 0 Å². The van der Waals surface area contributed by atoms with E-state index in [4.69, 9.17) is 4.52 Å². The van der Waals surface area contributed by atoms with Crippen LogP contribution in [0.3, 0.4) is 0 Å². The van der Waals surface area contributed by atoms with Gasteiger partial charge in [0.15, 0.2) is 5.82 Å². The van der Waals surface area contributed by atoms with Crippen molar-refractivity contribution in [2.75, 3.05) is 18.0 Å². The molecule has 1 atom stereocenters. The summed E-state index contributed by atoms with van der Waals surface area (Å²) in [5.41, 5.74) is 0.987. The first-order valence-corrected chi connectivity index (χ1v) is 6.56. The van der Waals surface area contributed by atoms with Crippen LogP contribution in [0.4, 0.5) is 5.82 Å². The number of anilines is 1. The number of aryl methyl sites for hydroxylation is 2. The number of piperidine rings is 1. The van der Waals surface area contributed by atoms with Gasteiger partial charge < -0.3 is 9.42 Å². The van der Waals surface area contributed by atoms with Crippen molar-refractivity contribution in [2.45, 2.75) is 32.6 Å². The Bertz CT molecular complexity index is 568. The van der Waals surface area contributed by atoms with Gasteiger partial charge >= 0.3 is 0 Å². The van der Waals surface area contributed by atoms with Gasteiger partial charge in [-0.05, 0) is 26.7 Å². The van der Waals surface area contributed by atoms with Crippen molar-refractivity contribution in [3.63, 3.8) is 0 Å². The Hall–Kier alpha value is -1.98. The average Bonchev–Trinajstić information content (AvgIpc) is 2.86. The highest BCUT2D eigenvalue weighted by Crippen LogP contribution is 2.28. The van der Waals surface area contributed by atoms with E-state index in [1.165, 1.54) is 0 Å². The van der Waals surface area contributed by atoms with E-state index in [2.05, 4.69) is 25.0 Å². The van der Waals surface area contributed by atoms with Gasteiger partial charge in [-0.3, -0.25) is 0 Å². The van der Waals surface area contributed by atoms with Gasteiger partial charge in [0.05, 0.1) is 5.92 Å². The lowest BCUT2D eigenvalue weighted by atomic mass is 9.98. The molecule has 0 spiro atoms. The number of hydrogen-bond acceptors (Lipinski definition) is 6. The molecule has 0 amide bonds. The van der Waals surface area contributed by atoms with Gasteiger partial charge in [0.25, 0.3) is 0 Å². The minimum Gasteiger partial charge on any atom is -0.356 e. The quantitative estimate of drug-likeness (QED) is 0.820. The molecule has 2 aromatic rings. The topological polar surface area (TPSA) is 67.9 Å². The number of rotatable bonds is 2. The Morgan fingerprint density at radius 3 is 2.95 bits per heavy atom. The monoisotopic (exact) mass is 259 g/mol. The number of hydrogen-bond donors (Lipinski definition) is 0. The third-order valence-electron chi connectivity index (χ3n) is 3.43. The largest absolute Gasteiger partial charge is 0.356 e. The molecule has 0 aromatic carbocycles. The minimum absolute atomic E-state index is 0.297. The summed E-state index contributed by atoms with van der Waals surface area (Å²) >= 11 is 0. The summed E-state index contributed by atoms with van der Waals surface area (Å²) in [7, 11) is 0. The summed E-state index contributed by atoms with van der Waals surface area (Å²) < 4.78 is 5.29. The van der Waals surface area contributed by atoms with Gasteiger partial charge in [-0.25, -0.2) is 9.97 Å². The fourth-order valence-electron chi connectivity index (χ4n) is 2.48. The molecule has 1 unspecified atom stereocenters. The number of nitrogens with zero attached hydrogens (tertiary/aromatic N) is 5. The lowest BCUT2D eigenvalue weighted by Crippen LogP contribution is -2.35. The van der Waals surface area contributed by atoms with E-state index < -0.39 is 0 Å². The van der Waals surface area contributed by atoms with E-state index in [-0.39, 0.29) is 0 Å².